The van der Waals surface area contributed by atoms with Crippen molar-refractivity contribution in [3.05, 3.63) is 75.7 Å². The van der Waals surface area contributed by atoms with E-state index in [9.17, 15) is 5.11 Å². The Labute approximate surface area is 182 Å². The Bertz CT molecular complexity index is 927. The lowest BCUT2D eigenvalue weighted by molar-refractivity contribution is 0.104. The fraction of sp³-hybridized carbons (Fsp3) is 0.333. The molecule has 0 aliphatic rings. The Kier molecular flexibility index (Phi) is 8.56. The molecular weight excluding hydrogens is 394 g/mol. The summed E-state index contributed by atoms with van der Waals surface area (Å²) >= 11 is 1.54. The van der Waals surface area contributed by atoms with Crippen molar-refractivity contribution in [2.75, 3.05) is 13.2 Å². The van der Waals surface area contributed by atoms with E-state index >= 15 is 0 Å². The predicted octanol–water partition coefficient (Wildman–Crippen LogP) is 4.37. The summed E-state index contributed by atoms with van der Waals surface area (Å²) in [4.78, 5) is 0. The Hall–Kier alpha value is -2.54. The van der Waals surface area contributed by atoms with Gasteiger partial charge in [-0.2, -0.15) is 0 Å². The van der Waals surface area contributed by atoms with Crippen molar-refractivity contribution in [1.29, 1.82) is 0 Å². The summed E-state index contributed by atoms with van der Waals surface area (Å²) in [6, 6.07) is 18.6. The lowest BCUT2D eigenvalue weighted by Gasteiger charge is -2.18. The maximum Gasteiger partial charge on any atom is 0.140 e. The molecule has 0 fully saturated rings. The third-order valence-corrected chi connectivity index (χ3v) is 5.51. The summed E-state index contributed by atoms with van der Waals surface area (Å²) in [5, 5.41) is 23.6. The van der Waals surface area contributed by atoms with Gasteiger partial charge < -0.3 is 15.2 Å². The fourth-order valence-corrected chi connectivity index (χ4v) is 3.60. The van der Waals surface area contributed by atoms with Gasteiger partial charge in [0.15, 0.2) is 0 Å². The van der Waals surface area contributed by atoms with E-state index in [1.54, 1.807) is 11.3 Å². The van der Waals surface area contributed by atoms with E-state index in [0.717, 1.165) is 34.2 Å². The van der Waals surface area contributed by atoms with E-state index in [2.05, 4.69) is 46.7 Å². The van der Waals surface area contributed by atoms with Crippen LogP contribution in [0.3, 0.4) is 0 Å². The SMILES string of the molecule is Cc1nnc(C=Cc2ccccc2OCC(O)CNC(C)CCc2ccccc2)s1. The molecule has 0 aliphatic heterocycles. The third kappa shape index (κ3) is 7.37. The molecule has 1 aromatic heterocycles. The molecule has 2 atom stereocenters. The van der Waals surface area contributed by atoms with Crippen LogP contribution in [0.2, 0.25) is 0 Å². The highest BCUT2D eigenvalue weighted by Crippen LogP contribution is 2.21. The van der Waals surface area contributed by atoms with Gasteiger partial charge in [0.25, 0.3) is 0 Å². The Morgan fingerprint density at radius 3 is 2.60 bits per heavy atom. The minimum Gasteiger partial charge on any atom is -0.490 e. The molecule has 2 N–H and O–H groups in total. The predicted molar refractivity (Wildman–Crippen MR) is 124 cm³/mol. The van der Waals surface area contributed by atoms with Crippen LogP contribution >= 0.6 is 11.3 Å². The van der Waals surface area contributed by atoms with Gasteiger partial charge in [-0.15, -0.1) is 10.2 Å². The average Bonchev–Trinajstić information content (AvgIpc) is 3.19. The number of hydrogen-bond acceptors (Lipinski definition) is 6. The first kappa shape index (κ1) is 22.2. The van der Waals surface area contributed by atoms with Crippen molar-refractivity contribution in [2.24, 2.45) is 0 Å². The quantitative estimate of drug-likeness (QED) is 0.479. The van der Waals surface area contributed by atoms with Crippen molar-refractivity contribution >= 4 is 23.5 Å². The van der Waals surface area contributed by atoms with Crippen molar-refractivity contribution in [2.45, 2.75) is 38.8 Å². The second kappa shape index (κ2) is 11.6. The van der Waals surface area contributed by atoms with Gasteiger partial charge in [-0.25, -0.2) is 0 Å². The summed E-state index contributed by atoms with van der Waals surface area (Å²) in [7, 11) is 0. The second-order valence-electron chi connectivity index (χ2n) is 7.33. The fourth-order valence-electron chi connectivity index (χ4n) is 3.00. The standard InChI is InChI=1S/C24H29N3O2S/c1-18(12-13-20-8-4-3-5-9-20)25-16-22(28)17-29-23-11-7-6-10-21(23)14-15-24-27-26-19(2)30-24/h3-11,14-15,18,22,25,28H,12-13,16-17H2,1-2H3. The van der Waals surface area contributed by atoms with Gasteiger partial charge in [0, 0.05) is 18.2 Å². The van der Waals surface area contributed by atoms with E-state index in [1.165, 1.54) is 5.56 Å². The average molecular weight is 424 g/mol. The number of aliphatic hydroxyl groups excluding tert-OH is 1. The van der Waals surface area contributed by atoms with Gasteiger partial charge in [-0.3, -0.25) is 0 Å². The van der Waals surface area contributed by atoms with Crippen molar-refractivity contribution < 1.29 is 9.84 Å². The number of rotatable bonds is 11. The lowest BCUT2D eigenvalue weighted by atomic mass is 10.1. The molecule has 2 unspecified atom stereocenters. The third-order valence-electron chi connectivity index (χ3n) is 4.71. The van der Waals surface area contributed by atoms with Crippen LogP contribution in [0, 0.1) is 6.92 Å². The van der Waals surface area contributed by atoms with Crippen LogP contribution in [-0.4, -0.2) is 40.6 Å². The first-order valence-corrected chi connectivity index (χ1v) is 11.1. The van der Waals surface area contributed by atoms with Crippen LogP contribution in [-0.2, 0) is 6.42 Å². The minimum absolute atomic E-state index is 0.237. The molecule has 5 nitrogen and oxygen atoms in total. The van der Waals surface area contributed by atoms with Gasteiger partial charge >= 0.3 is 0 Å². The minimum atomic E-state index is -0.577. The van der Waals surface area contributed by atoms with E-state index in [4.69, 9.17) is 4.74 Å². The molecule has 6 heteroatoms. The number of nitrogens with one attached hydrogen (secondary N) is 1. The molecule has 158 valence electrons. The zero-order valence-electron chi connectivity index (χ0n) is 17.5. The molecule has 0 bridgehead atoms. The highest BCUT2D eigenvalue weighted by atomic mass is 32.1. The molecule has 30 heavy (non-hydrogen) atoms. The summed E-state index contributed by atoms with van der Waals surface area (Å²) in [6.07, 6.45) is 5.36. The number of benzene rings is 2. The number of para-hydroxylation sites is 1. The summed E-state index contributed by atoms with van der Waals surface area (Å²) in [5.41, 5.74) is 2.28. The largest absolute Gasteiger partial charge is 0.490 e. The van der Waals surface area contributed by atoms with Crippen molar-refractivity contribution in [3.8, 4) is 5.75 Å². The number of aryl methyl sites for hydroxylation is 2. The molecule has 0 saturated carbocycles. The van der Waals surface area contributed by atoms with Crippen LogP contribution in [0.25, 0.3) is 12.2 Å². The number of nitrogens with zero attached hydrogens (tertiary/aromatic N) is 2. The molecular formula is C24H29N3O2S. The smallest absolute Gasteiger partial charge is 0.140 e. The van der Waals surface area contributed by atoms with Crippen LogP contribution in [0.5, 0.6) is 5.75 Å². The topological polar surface area (TPSA) is 67.3 Å². The zero-order valence-corrected chi connectivity index (χ0v) is 18.3. The van der Waals surface area contributed by atoms with Crippen molar-refractivity contribution in [3.63, 3.8) is 0 Å². The molecule has 0 aliphatic carbocycles. The van der Waals surface area contributed by atoms with Gasteiger partial charge in [0.2, 0.25) is 0 Å². The number of aromatic nitrogens is 2. The molecule has 1 heterocycles. The van der Waals surface area contributed by atoms with Crippen LogP contribution in [0.1, 0.15) is 34.5 Å². The van der Waals surface area contributed by atoms with Gasteiger partial charge in [-0.05, 0) is 50.5 Å². The highest BCUT2D eigenvalue weighted by molar-refractivity contribution is 7.12. The molecule has 0 spiro atoms. The maximum atomic E-state index is 10.3. The Balaban J connectivity index is 1.43. The summed E-state index contributed by atoms with van der Waals surface area (Å²) < 4.78 is 5.88. The molecule has 0 amide bonds. The van der Waals surface area contributed by atoms with Crippen LogP contribution in [0.4, 0.5) is 0 Å². The first-order chi connectivity index (χ1) is 14.6. The monoisotopic (exact) mass is 423 g/mol. The van der Waals surface area contributed by atoms with E-state index in [-0.39, 0.29) is 6.61 Å². The first-order valence-electron chi connectivity index (χ1n) is 10.3. The maximum absolute atomic E-state index is 10.3. The molecule has 3 rings (SSSR count). The zero-order chi connectivity index (χ0) is 21.2. The van der Waals surface area contributed by atoms with Crippen LogP contribution < -0.4 is 10.1 Å². The van der Waals surface area contributed by atoms with E-state index in [0.29, 0.717) is 12.6 Å². The van der Waals surface area contributed by atoms with Crippen molar-refractivity contribution in [1.82, 2.24) is 15.5 Å². The number of hydrogen-bond donors (Lipinski definition) is 2. The summed E-state index contributed by atoms with van der Waals surface area (Å²) in [5.74, 6) is 0.742. The van der Waals surface area contributed by atoms with E-state index in [1.807, 2.05) is 49.4 Å². The summed E-state index contributed by atoms with van der Waals surface area (Å²) in [6.45, 7) is 4.81. The molecule has 3 aromatic rings. The van der Waals surface area contributed by atoms with Crippen LogP contribution in [0.15, 0.2) is 54.6 Å². The Morgan fingerprint density at radius 1 is 1.07 bits per heavy atom. The Morgan fingerprint density at radius 2 is 1.83 bits per heavy atom. The number of ether oxygens (including phenoxy) is 1. The van der Waals surface area contributed by atoms with Gasteiger partial charge in [0.1, 0.15) is 28.5 Å². The van der Waals surface area contributed by atoms with Gasteiger partial charge in [-0.1, -0.05) is 59.9 Å². The number of aliphatic hydroxyl groups is 1. The van der Waals surface area contributed by atoms with E-state index < -0.39 is 6.10 Å². The second-order valence-corrected chi connectivity index (χ2v) is 8.54. The highest BCUT2D eigenvalue weighted by Gasteiger charge is 2.10. The van der Waals surface area contributed by atoms with Gasteiger partial charge in [0.05, 0.1) is 0 Å². The lowest BCUT2D eigenvalue weighted by Crippen LogP contribution is -2.36. The molecule has 0 radical (unpaired) electrons. The normalized spacial score (nSPS) is 13.4. The molecule has 2 aromatic carbocycles. The molecule has 0 saturated heterocycles.